The number of thioether (sulfide) groups is 1. The third-order valence-corrected chi connectivity index (χ3v) is 4.96. The van der Waals surface area contributed by atoms with Crippen molar-refractivity contribution < 1.29 is 0 Å². The topological polar surface area (TPSA) is 49.3 Å². The molecule has 0 radical (unpaired) electrons. The SMILES string of the molecule is CN=C(NCCSc1ccc(Cl)cc1)NCc1ncc(C)s1.I. The van der Waals surface area contributed by atoms with Crippen LogP contribution < -0.4 is 10.6 Å². The summed E-state index contributed by atoms with van der Waals surface area (Å²) in [6, 6.07) is 7.89. The highest BCUT2D eigenvalue weighted by atomic mass is 127. The number of rotatable bonds is 6. The van der Waals surface area contributed by atoms with E-state index in [-0.39, 0.29) is 24.0 Å². The van der Waals surface area contributed by atoms with Gasteiger partial charge in [-0.25, -0.2) is 4.98 Å². The van der Waals surface area contributed by atoms with Gasteiger partial charge in [-0.3, -0.25) is 4.99 Å². The number of nitrogens with zero attached hydrogens (tertiary/aromatic N) is 2. The smallest absolute Gasteiger partial charge is 0.191 e. The fraction of sp³-hybridized carbons (Fsp3) is 0.333. The van der Waals surface area contributed by atoms with Crippen molar-refractivity contribution in [3.63, 3.8) is 0 Å². The van der Waals surface area contributed by atoms with Crippen LogP contribution >= 0.6 is 58.7 Å². The second kappa shape index (κ2) is 11.1. The predicted octanol–water partition coefficient (Wildman–Crippen LogP) is 4.18. The maximum absolute atomic E-state index is 5.87. The number of thiazole rings is 1. The van der Waals surface area contributed by atoms with Gasteiger partial charge in [0.15, 0.2) is 5.96 Å². The molecule has 0 amide bonds. The van der Waals surface area contributed by atoms with E-state index in [1.807, 2.05) is 30.5 Å². The largest absolute Gasteiger partial charge is 0.356 e. The Bertz CT molecular complexity index is 616. The number of hydrogen-bond donors (Lipinski definition) is 2. The summed E-state index contributed by atoms with van der Waals surface area (Å²) in [5, 5.41) is 8.40. The molecule has 23 heavy (non-hydrogen) atoms. The molecule has 4 nitrogen and oxygen atoms in total. The highest BCUT2D eigenvalue weighted by Crippen LogP contribution is 2.19. The summed E-state index contributed by atoms with van der Waals surface area (Å²) in [6.45, 7) is 3.59. The number of benzene rings is 1. The minimum atomic E-state index is 0. The Labute approximate surface area is 167 Å². The Morgan fingerprint density at radius 1 is 1.30 bits per heavy atom. The van der Waals surface area contributed by atoms with Gasteiger partial charge in [-0.05, 0) is 31.2 Å². The molecule has 0 spiro atoms. The minimum absolute atomic E-state index is 0. The summed E-state index contributed by atoms with van der Waals surface area (Å²) in [7, 11) is 1.77. The number of aromatic nitrogens is 1. The van der Waals surface area contributed by atoms with E-state index in [0.29, 0.717) is 6.54 Å². The molecule has 0 fully saturated rings. The molecule has 1 aromatic heterocycles. The first kappa shape index (κ1) is 20.5. The summed E-state index contributed by atoms with van der Waals surface area (Å²) in [6.07, 6.45) is 1.89. The van der Waals surface area contributed by atoms with Crippen LogP contribution in [0, 0.1) is 6.92 Å². The van der Waals surface area contributed by atoms with Crippen molar-refractivity contribution in [2.45, 2.75) is 18.4 Å². The van der Waals surface area contributed by atoms with Gasteiger partial charge in [0.1, 0.15) is 5.01 Å². The van der Waals surface area contributed by atoms with Gasteiger partial charge in [0, 0.05) is 40.3 Å². The zero-order valence-electron chi connectivity index (χ0n) is 13.0. The molecular weight excluding hydrogens is 463 g/mol. The predicted molar refractivity (Wildman–Crippen MR) is 113 cm³/mol. The van der Waals surface area contributed by atoms with Crippen LogP contribution in [0.3, 0.4) is 0 Å². The molecule has 0 unspecified atom stereocenters. The van der Waals surface area contributed by atoms with E-state index in [0.717, 1.165) is 28.3 Å². The lowest BCUT2D eigenvalue weighted by Crippen LogP contribution is -2.37. The third kappa shape index (κ3) is 7.73. The second-order valence-corrected chi connectivity index (χ2v) is 7.44. The molecule has 126 valence electrons. The van der Waals surface area contributed by atoms with Crippen molar-refractivity contribution >= 4 is 64.6 Å². The maximum Gasteiger partial charge on any atom is 0.191 e. The van der Waals surface area contributed by atoms with Crippen LogP contribution in [0.15, 0.2) is 40.4 Å². The molecule has 2 N–H and O–H groups in total. The van der Waals surface area contributed by atoms with E-state index in [1.54, 1.807) is 30.1 Å². The Morgan fingerprint density at radius 3 is 2.65 bits per heavy atom. The van der Waals surface area contributed by atoms with E-state index >= 15 is 0 Å². The number of halogens is 2. The molecule has 8 heteroatoms. The normalized spacial score (nSPS) is 11.0. The summed E-state index contributed by atoms with van der Waals surface area (Å²) >= 11 is 9.35. The molecule has 0 aliphatic heterocycles. The Morgan fingerprint density at radius 2 is 2.04 bits per heavy atom. The Kier molecular flexibility index (Phi) is 9.92. The molecule has 2 rings (SSSR count). The summed E-state index contributed by atoms with van der Waals surface area (Å²) in [4.78, 5) is 11.0. The lowest BCUT2D eigenvalue weighted by Gasteiger charge is -2.10. The fourth-order valence-corrected chi connectivity index (χ4v) is 3.35. The van der Waals surface area contributed by atoms with Gasteiger partial charge in [-0.1, -0.05) is 11.6 Å². The van der Waals surface area contributed by atoms with Crippen LogP contribution in [0.25, 0.3) is 0 Å². The van der Waals surface area contributed by atoms with Crippen molar-refractivity contribution in [1.29, 1.82) is 0 Å². The lowest BCUT2D eigenvalue weighted by molar-refractivity contribution is 0.827. The van der Waals surface area contributed by atoms with E-state index < -0.39 is 0 Å². The molecule has 1 heterocycles. The fourth-order valence-electron chi connectivity index (χ4n) is 1.73. The number of aliphatic imine (C=N–C) groups is 1. The molecular formula is C15H20ClIN4S2. The Hall–Kier alpha value is -0.510. The van der Waals surface area contributed by atoms with Crippen molar-refractivity contribution in [2.75, 3.05) is 19.3 Å². The van der Waals surface area contributed by atoms with Gasteiger partial charge in [-0.15, -0.1) is 47.1 Å². The minimum Gasteiger partial charge on any atom is -0.356 e. The van der Waals surface area contributed by atoms with Gasteiger partial charge in [0.25, 0.3) is 0 Å². The lowest BCUT2D eigenvalue weighted by atomic mass is 10.4. The third-order valence-electron chi connectivity index (χ3n) is 2.78. The van der Waals surface area contributed by atoms with Crippen molar-refractivity contribution in [3.05, 3.63) is 45.4 Å². The average molecular weight is 483 g/mol. The summed E-state index contributed by atoms with van der Waals surface area (Å²) < 4.78 is 0. The van der Waals surface area contributed by atoms with E-state index in [2.05, 4.69) is 27.5 Å². The number of nitrogens with one attached hydrogen (secondary N) is 2. The zero-order chi connectivity index (χ0) is 15.8. The van der Waals surface area contributed by atoms with E-state index in [1.165, 1.54) is 9.77 Å². The molecule has 0 saturated carbocycles. The summed E-state index contributed by atoms with van der Waals surface area (Å²) in [5.41, 5.74) is 0. The molecule has 1 aromatic carbocycles. The molecule has 2 aromatic rings. The molecule has 0 aliphatic carbocycles. The first-order valence-corrected chi connectivity index (χ1v) is 9.09. The highest BCUT2D eigenvalue weighted by Gasteiger charge is 2.01. The molecule has 0 saturated heterocycles. The molecule has 0 aliphatic rings. The van der Waals surface area contributed by atoms with Crippen LogP contribution in [-0.2, 0) is 6.54 Å². The van der Waals surface area contributed by atoms with Crippen LogP contribution in [0.1, 0.15) is 9.88 Å². The van der Waals surface area contributed by atoms with Crippen LogP contribution in [0.2, 0.25) is 5.02 Å². The van der Waals surface area contributed by atoms with Crippen molar-refractivity contribution in [2.24, 2.45) is 4.99 Å². The number of hydrogen-bond acceptors (Lipinski definition) is 4. The first-order valence-electron chi connectivity index (χ1n) is 6.91. The monoisotopic (exact) mass is 482 g/mol. The summed E-state index contributed by atoms with van der Waals surface area (Å²) in [5.74, 6) is 1.75. The quantitative estimate of drug-likeness (QED) is 0.213. The Balaban J connectivity index is 0.00000264. The molecule has 0 atom stereocenters. The average Bonchev–Trinajstić information content (AvgIpc) is 2.94. The van der Waals surface area contributed by atoms with Gasteiger partial charge in [-0.2, -0.15) is 0 Å². The van der Waals surface area contributed by atoms with Gasteiger partial charge >= 0.3 is 0 Å². The van der Waals surface area contributed by atoms with Gasteiger partial charge < -0.3 is 10.6 Å². The van der Waals surface area contributed by atoms with Crippen molar-refractivity contribution in [1.82, 2.24) is 15.6 Å². The van der Waals surface area contributed by atoms with E-state index in [4.69, 9.17) is 11.6 Å². The zero-order valence-corrected chi connectivity index (χ0v) is 17.7. The first-order chi connectivity index (χ1) is 10.7. The van der Waals surface area contributed by atoms with E-state index in [9.17, 15) is 0 Å². The number of guanidine groups is 1. The van der Waals surface area contributed by atoms with Gasteiger partial charge in [0.2, 0.25) is 0 Å². The van der Waals surface area contributed by atoms with Crippen LogP contribution in [0.5, 0.6) is 0 Å². The van der Waals surface area contributed by atoms with Gasteiger partial charge in [0.05, 0.1) is 6.54 Å². The van der Waals surface area contributed by atoms with Crippen LogP contribution in [-0.4, -0.2) is 30.3 Å². The van der Waals surface area contributed by atoms with Crippen molar-refractivity contribution in [3.8, 4) is 0 Å². The van der Waals surface area contributed by atoms with Crippen LogP contribution in [0.4, 0.5) is 0 Å². The standard InChI is InChI=1S/C15H19ClN4S2.HI/c1-11-9-19-14(22-11)10-20-15(17-2)18-7-8-21-13-5-3-12(16)4-6-13;/h3-6,9H,7-8,10H2,1-2H3,(H2,17,18,20);1H. The highest BCUT2D eigenvalue weighted by molar-refractivity contribution is 14.0. The molecule has 0 bridgehead atoms. The second-order valence-electron chi connectivity index (χ2n) is 4.52. The number of aryl methyl sites for hydroxylation is 1. The maximum atomic E-state index is 5.87.